The normalized spacial score (nSPS) is 11.7. The van der Waals surface area contributed by atoms with Gasteiger partial charge in [-0.25, -0.2) is 4.79 Å². The number of hydrogen-bond acceptors (Lipinski definition) is 5. The van der Waals surface area contributed by atoms with Crippen LogP contribution in [0.25, 0.3) is 0 Å². The quantitative estimate of drug-likeness (QED) is 0.516. The number of amides is 1. The molecule has 7 heteroatoms. The Morgan fingerprint density at radius 3 is 2.24 bits per heavy atom. The van der Waals surface area contributed by atoms with Crippen molar-refractivity contribution in [1.29, 1.82) is 0 Å². The SMILES string of the molecule is CC(C)(C=O)CC(C)(C)CC(=O)CNC(=O)COC(=O)P. The summed E-state index contributed by atoms with van der Waals surface area (Å²) in [6, 6.07) is 0. The molecule has 0 spiro atoms. The van der Waals surface area contributed by atoms with E-state index in [1.54, 1.807) is 9.24 Å². The van der Waals surface area contributed by atoms with E-state index < -0.39 is 23.6 Å². The fourth-order valence-electron chi connectivity index (χ4n) is 2.32. The Hall–Kier alpha value is -1.29. The van der Waals surface area contributed by atoms with Gasteiger partial charge in [0.2, 0.25) is 0 Å². The van der Waals surface area contributed by atoms with E-state index in [4.69, 9.17) is 0 Å². The van der Waals surface area contributed by atoms with Gasteiger partial charge in [-0.3, -0.25) is 9.59 Å². The number of hydrogen-bond donors (Lipinski definition) is 1. The lowest BCUT2D eigenvalue weighted by Gasteiger charge is -2.30. The Morgan fingerprint density at radius 2 is 1.76 bits per heavy atom. The zero-order valence-corrected chi connectivity index (χ0v) is 14.2. The lowest BCUT2D eigenvalue weighted by Crippen LogP contribution is -2.35. The molecular weight excluding hydrogens is 293 g/mol. The number of carbonyl (C=O) groups excluding carboxylic acids is 4. The first-order chi connectivity index (χ1) is 9.47. The van der Waals surface area contributed by atoms with Crippen LogP contribution in [0.15, 0.2) is 0 Å². The Balaban J connectivity index is 4.21. The molecule has 0 saturated heterocycles. The smallest absolute Gasteiger partial charge is 0.320 e. The highest BCUT2D eigenvalue weighted by Gasteiger charge is 2.30. The molecule has 0 bridgehead atoms. The number of nitrogens with one attached hydrogen (secondary N) is 1. The zero-order chi connectivity index (χ0) is 16.7. The highest BCUT2D eigenvalue weighted by molar-refractivity contribution is 7.39. The van der Waals surface area contributed by atoms with E-state index >= 15 is 0 Å². The van der Waals surface area contributed by atoms with Gasteiger partial charge < -0.3 is 14.8 Å². The van der Waals surface area contributed by atoms with Crippen LogP contribution < -0.4 is 5.32 Å². The molecule has 0 aromatic carbocycles. The summed E-state index contributed by atoms with van der Waals surface area (Å²) < 4.78 is 4.48. The summed E-state index contributed by atoms with van der Waals surface area (Å²) in [5, 5.41) is 2.39. The van der Waals surface area contributed by atoms with Crippen LogP contribution in [0.1, 0.15) is 40.5 Å². The van der Waals surface area contributed by atoms with E-state index in [0.29, 0.717) is 6.42 Å². The van der Waals surface area contributed by atoms with Crippen molar-refractivity contribution in [2.45, 2.75) is 40.5 Å². The molecule has 0 radical (unpaired) electrons. The van der Waals surface area contributed by atoms with Crippen molar-refractivity contribution in [2.24, 2.45) is 10.8 Å². The summed E-state index contributed by atoms with van der Waals surface area (Å²) >= 11 is 0. The largest absolute Gasteiger partial charge is 0.453 e. The molecule has 0 fully saturated rings. The summed E-state index contributed by atoms with van der Waals surface area (Å²) in [6.45, 7) is 6.95. The van der Waals surface area contributed by atoms with Crippen LogP contribution in [-0.4, -0.2) is 36.8 Å². The van der Waals surface area contributed by atoms with E-state index in [1.165, 1.54) is 0 Å². The van der Waals surface area contributed by atoms with E-state index in [1.807, 2.05) is 27.7 Å². The fraction of sp³-hybridized carbons (Fsp3) is 0.714. The highest BCUT2D eigenvalue weighted by Crippen LogP contribution is 2.34. The molecule has 0 aromatic heterocycles. The molecular formula is C14H24NO5P. The topological polar surface area (TPSA) is 89.5 Å². The second-order valence-corrected chi connectivity index (χ2v) is 7.02. The molecule has 0 aliphatic carbocycles. The van der Waals surface area contributed by atoms with Crippen LogP contribution in [0.3, 0.4) is 0 Å². The number of ether oxygens (including phenoxy) is 1. The molecule has 6 nitrogen and oxygen atoms in total. The Bertz CT molecular complexity index is 418. The first-order valence-corrected chi connectivity index (χ1v) is 7.22. The van der Waals surface area contributed by atoms with Gasteiger partial charge in [0.1, 0.15) is 6.29 Å². The van der Waals surface area contributed by atoms with Gasteiger partial charge in [0.25, 0.3) is 5.91 Å². The van der Waals surface area contributed by atoms with Crippen LogP contribution in [0.4, 0.5) is 4.79 Å². The molecule has 1 atom stereocenters. The van der Waals surface area contributed by atoms with Crippen molar-refractivity contribution >= 4 is 32.9 Å². The number of rotatable bonds is 9. The van der Waals surface area contributed by atoms with Gasteiger partial charge in [-0.1, -0.05) is 27.7 Å². The minimum atomic E-state index is -0.631. The number of carbonyl (C=O) groups is 4. The molecule has 0 aliphatic heterocycles. The number of aldehydes is 1. The Labute approximate surface area is 127 Å². The first-order valence-electron chi connectivity index (χ1n) is 6.64. The van der Waals surface area contributed by atoms with Gasteiger partial charge >= 0.3 is 5.71 Å². The third kappa shape index (κ3) is 10.1. The van der Waals surface area contributed by atoms with Crippen LogP contribution in [0, 0.1) is 10.8 Å². The molecule has 0 aliphatic rings. The minimum absolute atomic E-state index is 0.113. The maximum atomic E-state index is 11.9. The maximum absolute atomic E-state index is 11.9. The molecule has 1 amide bonds. The van der Waals surface area contributed by atoms with Gasteiger partial charge in [-0.05, 0) is 21.1 Å². The van der Waals surface area contributed by atoms with Gasteiger partial charge in [-0.2, -0.15) is 0 Å². The highest BCUT2D eigenvalue weighted by atomic mass is 31.0. The fourth-order valence-corrected chi connectivity index (χ4v) is 2.40. The van der Waals surface area contributed by atoms with E-state index in [2.05, 4.69) is 10.1 Å². The molecule has 0 heterocycles. The predicted molar refractivity (Wildman–Crippen MR) is 81.9 cm³/mol. The molecule has 120 valence electrons. The van der Waals surface area contributed by atoms with Crippen molar-refractivity contribution in [3.05, 3.63) is 0 Å². The van der Waals surface area contributed by atoms with Crippen molar-refractivity contribution in [3.63, 3.8) is 0 Å². The summed E-state index contributed by atoms with van der Waals surface area (Å²) in [6.07, 6.45) is 1.72. The summed E-state index contributed by atoms with van der Waals surface area (Å²) in [5.41, 5.74) is -1.45. The molecule has 0 saturated carbocycles. The zero-order valence-electron chi connectivity index (χ0n) is 13.0. The second-order valence-electron chi connectivity index (χ2n) is 6.55. The van der Waals surface area contributed by atoms with E-state index in [0.717, 1.165) is 6.29 Å². The summed E-state index contributed by atoms with van der Waals surface area (Å²) in [5.74, 6) is -0.655. The first kappa shape index (κ1) is 19.7. The molecule has 21 heavy (non-hydrogen) atoms. The summed E-state index contributed by atoms with van der Waals surface area (Å²) in [7, 11) is 1.79. The van der Waals surface area contributed by atoms with E-state index in [9.17, 15) is 19.2 Å². The number of ketones is 1. The van der Waals surface area contributed by atoms with E-state index in [-0.39, 0.29) is 24.2 Å². The lowest BCUT2D eigenvalue weighted by atomic mass is 9.73. The standard InChI is InChI=1S/C14H24NO5P/c1-13(2,8-14(3,4)9-16)5-10(17)6-15-11(18)7-20-12(19)21/h9H,5-8,21H2,1-4H3,(H,15,18). The van der Waals surface area contributed by atoms with Crippen molar-refractivity contribution < 1.29 is 23.9 Å². The van der Waals surface area contributed by atoms with Crippen LogP contribution in [-0.2, 0) is 19.1 Å². The lowest BCUT2D eigenvalue weighted by molar-refractivity contribution is -0.127. The monoisotopic (exact) mass is 317 g/mol. The second kappa shape index (κ2) is 8.23. The van der Waals surface area contributed by atoms with Gasteiger partial charge in [0.15, 0.2) is 12.4 Å². The molecule has 1 N–H and O–H groups in total. The Morgan fingerprint density at radius 1 is 1.19 bits per heavy atom. The average molecular weight is 317 g/mol. The predicted octanol–water partition coefficient (Wildman–Crippen LogP) is 1.71. The van der Waals surface area contributed by atoms with Crippen molar-refractivity contribution in [1.82, 2.24) is 5.32 Å². The molecule has 0 rings (SSSR count). The third-order valence-electron chi connectivity index (χ3n) is 2.76. The van der Waals surface area contributed by atoms with Crippen LogP contribution in [0.5, 0.6) is 0 Å². The third-order valence-corrected chi connectivity index (χ3v) is 2.92. The average Bonchev–Trinajstić information content (AvgIpc) is 2.31. The van der Waals surface area contributed by atoms with Crippen LogP contribution >= 0.6 is 9.24 Å². The van der Waals surface area contributed by atoms with Crippen molar-refractivity contribution in [2.75, 3.05) is 13.2 Å². The number of Topliss-reactive ketones (excluding diaryl/α,β-unsaturated/α-hetero) is 1. The maximum Gasteiger partial charge on any atom is 0.320 e. The van der Waals surface area contributed by atoms with Crippen molar-refractivity contribution in [3.8, 4) is 0 Å². The van der Waals surface area contributed by atoms with Gasteiger partial charge in [-0.15, -0.1) is 0 Å². The Kier molecular flexibility index (Phi) is 7.72. The molecule has 0 aromatic rings. The minimum Gasteiger partial charge on any atom is -0.453 e. The van der Waals surface area contributed by atoms with Crippen LogP contribution in [0.2, 0.25) is 0 Å². The van der Waals surface area contributed by atoms with Gasteiger partial charge in [0, 0.05) is 11.8 Å². The summed E-state index contributed by atoms with van der Waals surface area (Å²) in [4.78, 5) is 44.6. The molecule has 1 unspecified atom stereocenters. The van der Waals surface area contributed by atoms with Gasteiger partial charge in [0.05, 0.1) is 6.54 Å².